The van der Waals surface area contributed by atoms with Crippen LogP contribution < -0.4 is 0 Å². The van der Waals surface area contributed by atoms with Gasteiger partial charge in [-0.05, 0) is 6.92 Å². The summed E-state index contributed by atoms with van der Waals surface area (Å²) in [5.41, 5.74) is 1.75. The van der Waals surface area contributed by atoms with Crippen LogP contribution in [0, 0.1) is 0 Å². The Balaban J connectivity index is 2.33. The van der Waals surface area contributed by atoms with E-state index in [0.29, 0.717) is 12.1 Å². The Labute approximate surface area is 80.8 Å². The van der Waals surface area contributed by atoms with E-state index >= 15 is 0 Å². The fraction of sp³-hybridized carbons (Fsp3) is 0.222. The van der Waals surface area contributed by atoms with Gasteiger partial charge in [0.2, 0.25) is 0 Å². The minimum absolute atomic E-state index is 0.337. The molecule has 0 aliphatic heterocycles. The molecule has 0 radical (unpaired) electrons. The molecule has 0 amide bonds. The normalized spacial score (nSPS) is 10.4. The maximum absolute atomic E-state index is 10.4. The monoisotopic (exact) mass is 190 g/mol. The second kappa shape index (κ2) is 3.45. The molecule has 72 valence electrons. The van der Waals surface area contributed by atoms with Crippen molar-refractivity contribution in [3.63, 3.8) is 0 Å². The number of aryl methyl sites for hydroxylation is 1. The standard InChI is InChI=1S/C9H10N4O/c1-2-13-5-7(3-11-13)8-4-10-9(6-14)12-8/h3-6H,2H2,1H3,(H,10,12). The molecule has 1 N–H and O–H groups in total. The largest absolute Gasteiger partial charge is 0.336 e. The topological polar surface area (TPSA) is 63.6 Å². The summed E-state index contributed by atoms with van der Waals surface area (Å²) in [5.74, 6) is 0.337. The zero-order valence-corrected chi connectivity index (χ0v) is 7.77. The maximum atomic E-state index is 10.4. The Hall–Kier alpha value is -1.91. The van der Waals surface area contributed by atoms with Gasteiger partial charge >= 0.3 is 0 Å². The molecule has 5 heteroatoms. The van der Waals surface area contributed by atoms with E-state index in [2.05, 4.69) is 15.1 Å². The summed E-state index contributed by atoms with van der Waals surface area (Å²) in [4.78, 5) is 17.2. The predicted octanol–water partition coefficient (Wildman–Crippen LogP) is 1.11. The molecule has 2 aromatic heterocycles. The number of rotatable bonds is 3. The average molecular weight is 190 g/mol. The van der Waals surface area contributed by atoms with Crippen molar-refractivity contribution in [2.45, 2.75) is 13.5 Å². The minimum atomic E-state index is 0.337. The first kappa shape index (κ1) is 8.68. The van der Waals surface area contributed by atoms with Gasteiger partial charge in [0.25, 0.3) is 0 Å². The van der Waals surface area contributed by atoms with Crippen LogP contribution in [0.15, 0.2) is 18.6 Å². The van der Waals surface area contributed by atoms with Crippen LogP contribution in [0.5, 0.6) is 0 Å². The first-order chi connectivity index (χ1) is 6.83. The number of H-pyrrole nitrogens is 1. The summed E-state index contributed by atoms with van der Waals surface area (Å²) in [6.07, 6.45) is 5.96. The van der Waals surface area contributed by atoms with E-state index in [-0.39, 0.29) is 0 Å². The number of carbonyl (C=O) groups excluding carboxylic acids is 1. The van der Waals surface area contributed by atoms with Crippen molar-refractivity contribution in [2.75, 3.05) is 0 Å². The van der Waals surface area contributed by atoms with Crippen molar-refractivity contribution in [1.82, 2.24) is 19.7 Å². The van der Waals surface area contributed by atoms with Gasteiger partial charge in [-0.2, -0.15) is 5.10 Å². The van der Waals surface area contributed by atoms with E-state index in [4.69, 9.17) is 0 Å². The van der Waals surface area contributed by atoms with E-state index < -0.39 is 0 Å². The van der Waals surface area contributed by atoms with Crippen molar-refractivity contribution in [2.24, 2.45) is 0 Å². The molecule has 0 saturated heterocycles. The molecule has 5 nitrogen and oxygen atoms in total. The van der Waals surface area contributed by atoms with Gasteiger partial charge in [-0.25, -0.2) is 4.98 Å². The third-order valence-electron chi connectivity index (χ3n) is 1.98. The molecule has 2 heterocycles. The molecule has 14 heavy (non-hydrogen) atoms. The van der Waals surface area contributed by atoms with Crippen LogP contribution in [0.3, 0.4) is 0 Å². The van der Waals surface area contributed by atoms with Crippen molar-refractivity contribution in [1.29, 1.82) is 0 Å². The van der Waals surface area contributed by atoms with Crippen molar-refractivity contribution >= 4 is 6.29 Å². The molecule has 0 bridgehead atoms. The van der Waals surface area contributed by atoms with Gasteiger partial charge < -0.3 is 4.98 Å². The minimum Gasteiger partial charge on any atom is -0.336 e. The van der Waals surface area contributed by atoms with E-state index in [1.54, 1.807) is 12.4 Å². The molecule has 0 fully saturated rings. The second-order valence-electron chi connectivity index (χ2n) is 2.88. The quantitative estimate of drug-likeness (QED) is 0.737. The summed E-state index contributed by atoms with van der Waals surface area (Å²) in [6, 6.07) is 0. The molecule has 2 aromatic rings. The summed E-state index contributed by atoms with van der Waals surface area (Å²) < 4.78 is 1.82. The second-order valence-corrected chi connectivity index (χ2v) is 2.88. The summed E-state index contributed by atoms with van der Waals surface area (Å²) >= 11 is 0. The molecule has 0 aliphatic rings. The number of nitrogens with zero attached hydrogens (tertiary/aromatic N) is 3. The lowest BCUT2D eigenvalue weighted by atomic mass is 10.3. The number of aldehydes is 1. The lowest BCUT2D eigenvalue weighted by Gasteiger charge is -1.90. The number of aromatic nitrogens is 4. The molecular weight excluding hydrogens is 180 g/mol. The van der Waals surface area contributed by atoms with Crippen LogP contribution in [-0.2, 0) is 6.54 Å². The maximum Gasteiger partial charge on any atom is 0.185 e. The molecule has 0 aliphatic carbocycles. The van der Waals surface area contributed by atoms with Crippen LogP contribution in [0.25, 0.3) is 11.3 Å². The van der Waals surface area contributed by atoms with Crippen LogP contribution in [0.4, 0.5) is 0 Å². The zero-order valence-electron chi connectivity index (χ0n) is 7.77. The molecule has 0 aromatic carbocycles. The van der Waals surface area contributed by atoms with Crippen LogP contribution in [-0.4, -0.2) is 26.0 Å². The number of carbonyl (C=O) groups is 1. The Morgan fingerprint density at radius 1 is 1.57 bits per heavy atom. The fourth-order valence-corrected chi connectivity index (χ4v) is 1.22. The highest BCUT2D eigenvalue weighted by atomic mass is 16.1. The van der Waals surface area contributed by atoms with Gasteiger partial charge in [0.15, 0.2) is 12.1 Å². The van der Waals surface area contributed by atoms with Gasteiger partial charge in [0.05, 0.1) is 18.1 Å². The third-order valence-corrected chi connectivity index (χ3v) is 1.98. The molecule has 0 unspecified atom stereocenters. The molecule has 0 atom stereocenters. The van der Waals surface area contributed by atoms with E-state index in [9.17, 15) is 4.79 Å². The van der Waals surface area contributed by atoms with Crippen LogP contribution >= 0.6 is 0 Å². The van der Waals surface area contributed by atoms with Crippen molar-refractivity contribution in [3.05, 3.63) is 24.4 Å². The zero-order chi connectivity index (χ0) is 9.97. The Morgan fingerprint density at radius 2 is 2.43 bits per heavy atom. The molecule has 0 saturated carbocycles. The molecular formula is C9H10N4O. The first-order valence-corrected chi connectivity index (χ1v) is 4.36. The predicted molar refractivity (Wildman–Crippen MR) is 50.9 cm³/mol. The van der Waals surface area contributed by atoms with E-state index in [0.717, 1.165) is 17.8 Å². The highest BCUT2D eigenvalue weighted by Gasteiger charge is 2.04. The lowest BCUT2D eigenvalue weighted by Crippen LogP contribution is -1.91. The number of aromatic amines is 1. The number of hydrogen-bond acceptors (Lipinski definition) is 3. The van der Waals surface area contributed by atoms with Crippen molar-refractivity contribution < 1.29 is 4.79 Å². The number of nitrogens with one attached hydrogen (secondary N) is 1. The van der Waals surface area contributed by atoms with Crippen LogP contribution in [0.1, 0.15) is 17.5 Å². The molecule has 0 spiro atoms. The first-order valence-electron chi connectivity index (χ1n) is 4.36. The smallest absolute Gasteiger partial charge is 0.185 e. The highest BCUT2D eigenvalue weighted by Crippen LogP contribution is 2.15. The summed E-state index contributed by atoms with van der Waals surface area (Å²) in [7, 11) is 0. The van der Waals surface area contributed by atoms with Crippen molar-refractivity contribution in [3.8, 4) is 11.3 Å². The van der Waals surface area contributed by atoms with Crippen LogP contribution in [0.2, 0.25) is 0 Å². The average Bonchev–Trinajstić information content (AvgIpc) is 2.86. The number of hydrogen-bond donors (Lipinski definition) is 1. The van der Waals surface area contributed by atoms with Gasteiger partial charge in [0.1, 0.15) is 0 Å². The van der Waals surface area contributed by atoms with Gasteiger partial charge in [0, 0.05) is 18.3 Å². The fourth-order valence-electron chi connectivity index (χ4n) is 1.22. The van der Waals surface area contributed by atoms with Gasteiger partial charge in [-0.3, -0.25) is 9.48 Å². The SMILES string of the molecule is CCn1cc(-c2cnc(C=O)[nH]2)cn1. The summed E-state index contributed by atoms with van der Waals surface area (Å²) in [6.45, 7) is 2.84. The Morgan fingerprint density at radius 3 is 3.00 bits per heavy atom. The Kier molecular flexibility index (Phi) is 2.14. The number of imidazole rings is 1. The lowest BCUT2D eigenvalue weighted by molar-refractivity contribution is 0.111. The van der Waals surface area contributed by atoms with Gasteiger partial charge in [-0.1, -0.05) is 0 Å². The summed E-state index contributed by atoms with van der Waals surface area (Å²) in [5, 5.41) is 4.13. The van der Waals surface area contributed by atoms with E-state index in [1.807, 2.05) is 17.8 Å². The Bertz CT molecular complexity index is 443. The highest BCUT2D eigenvalue weighted by molar-refractivity contribution is 5.71. The van der Waals surface area contributed by atoms with E-state index in [1.165, 1.54) is 0 Å². The van der Waals surface area contributed by atoms with Gasteiger partial charge in [-0.15, -0.1) is 0 Å². The third kappa shape index (κ3) is 1.44. The molecule has 2 rings (SSSR count).